The van der Waals surface area contributed by atoms with Gasteiger partial charge in [0.05, 0.1) is 10.9 Å². The van der Waals surface area contributed by atoms with Crippen LogP contribution in [0, 0.1) is 5.92 Å². The molecule has 0 unspecified atom stereocenters. The first kappa shape index (κ1) is 13.9. The number of hydrogen-bond acceptors (Lipinski definition) is 3. The van der Waals surface area contributed by atoms with E-state index >= 15 is 0 Å². The molecule has 0 amide bonds. The first-order valence-electron chi connectivity index (χ1n) is 5.54. The number of aldehydes is 1. The third kappa shape index (κ3) is 3.64. The van der Waals surface area contributed by atoms with Crippen molar-refractivity contribution in [3.63, 3.8) is 0 Å². The highest BCUT2D eigenvalue weighted by Crippen LogP contribution is 2.12. The molecule has 1 aromatic rings. The standard InChI is InChI=1S/C12H17NO3S/c1-3-10(2)12(9-14)13-17(15,16)11-7-5-4-6-8-11/h4-10,12-13H,3H2,1-2H3/t10-,12+/m0/s1. The Morgan fingerprint density at radius 2 is 1.88 bits per heavy atom. The Hall–Kier alpha value is -1.20. The fourth-order valence-electron chi connectivity index (χ4n) is 1.38. The summed E-state index contributed by atoms with van der Waals surface area (Å²) in [6, 6.07) is 7.36. The molecule has 1 aromatic carbocycles. The van der Waals surface area contributed by atoms with Crippen molar-refractivity contribution in [2.45, 2.75) is 31.2 Å². The molecule has 0 aliphatic carbocycles. The summed E-state index contributed by atoms with van der Waals surface area (Å²) in [5, 5.41) is 0. The number of benzene rings is 1. The minimum Gasteiger partial charge on any atom is -0.302 e. The van der Waals surface area contributed by atoms with E-state index in [1.165, 1.54) is 12.1 Å². The molecule has 0 saturated heterocycles. The molecule has 1 rings (SSSR count). The zero-order valence-electron chi connectivity index (χ0n) is 9.96. The van der Waals surface area contributed by atoms with Crippen LogP contribution in [0.5, 0.6) is 0 Å². The van der Waals surface area contributed by atoms with Crippen LogP contribution in [0.25, 0.3) is 0 Å². The van der Waals surface area contributed by atoms with Gasteiger partial charge in [-0.3, -0.25) is 0 Å². The number of hydrogen-bond donors (Lipinski definition) is 1. The lowest BCUT2D eigenvalue weighted by Crippen LogP contribution is -2.40. The maximum atomic E-state index is 12.0. The second kappa shape index (κ2) is 5.93. The van der Waals surface area contributed by atoms with E-state index < -0.39 is 16.1 Å². The summed E-state index contributed by atoms with van der Waals surface area (Å²) in [7, 11) is -3.61. The fraction of sp³-hybridized carbons (Fsp3) is 0.417. The molecular weight excluding hydrogens is 238 g/mol. The first-order valence-corrected chi connectivity index (χ1v) is 7.02. The molecule has 94 valence electrons. The van der Waals surface area contributed by atoms with E-state index in [0.717, 1.165) is 6.42 Å². The zero-order valence-corrected chi connectivity index (χ0v) is 10.8. The topological polar surface area (TPSA) is 63.2 Å². The highest BCUT2D eigenvalue weighted by molar-refractivity contribution is 7.89. The van der Waals surface area contributed by atoms with Crippen LogP contribution in [0.1, 0.15) is 20.3 Å². The third-order valence-corrected chi connectivity index (χ3v) is 4.22. The fourth-order valence-corrected chi connectivity index (χ4v) is 2.68. The monoisotopic (exact) mass is 255 g/mol. The maximum absolute atomic E-state index is 12.0. The van der Waals surface area contributed by atoms with Gasteiger partial charge in [0.2, 0.25) is 10.0 Å². The SMILES string of the molecule is CC[C@H](C)[C@@H](C=O)NS(=O)(=O)c1ccccc1. The van der Waals surface area contributed by atoms with Gasteiger partial charge < -0.3 is 4.79 Å². The summed E-state index contributed by atoms with van der Waals surface area (Å²) in [5.41, 5.74) is 0. The number of sulfonamides is 1. The van der Waals surface area contributed by atoms with E-state index in [2.05, 4.69) is 4.72 Å². The number of rotatable bonds is 6. The van der Waals surface area contributed by atoms with Crippen molar-refractivity contribution in [2.75, 3.05) is 0 Å². The Balaban J connectivity index is 2.90. The lowest BCUT2D eigenvalue weighted by Gasteiger charge is -2.18. The van der Waals surface area contributed by atoms with E-state index in [4.69, 9.17) is 0 Å². The summed E-state index contributed by atoms with van der Waals surface area (Å²) in [5.74, 6) is -0.0222. The van der Waals surface area contributed by atoms with Gasteiger partial charge in [0.1, 0.15) is 6.29 Å². The molecule has 5 heteroatoms. The van der Waals surface area contributed by atoms with Gasteiger partial charge in [-0.2, -0.15) is 0 Å². The highest BCUT2D eigenvalue weighted by atomic mass is 32.2. The minimum atomic E-state index is -3.61. The molecule has 0 heterocycles. The molecule has 0 aliphatic rings. The van der Waals surface area contributed by atoms with Crippen molar-refractivity contribution < 1.29 is 13.2 Å². The van der Waals surface area contributed by atoms with Crippen molar-refractivity contribution in [3.8, 4) is 0 Å². The number of carbonyl (C=O) groups excluding carboxylic acids is 1. The quantitative estimate of drug-likeness (QED) is 0.785. The van der Waals surface area contributed by atoms with Crippen LogP contribution in [0.15, 0.2) is 35.2 Å². The van der Waals surface area contributed by atoms with Crippen molar-refractivity contribution in [1.29, 1.82) is 0 Å². The Labute approximate surface area is 102 Å². The second-order valence-electron chi connectivity index (χ2n) is 3.98. The molecule has 0 spiro atoms. The van der Waals surface area contributed by atoms with Crippen LogP contribution in [-0.2, 0) is 14.8 Å². The molecule has 0 fully saturated rings. The smallest absolute Gasteiger partial charge is 0.241 e. The van der Waals surface area contributed by atoms with Gasteiger partial charge in [0, 0.05) is 0 Å². The van der Waals surface area contributed by atoms with E-state index in [9.17, 15) is 13.2 Å². The van der Waals surface area contributed by atoms with E-state index in [1.807, 2.05) is 13.8 Å². The largest absolute Gasteiger partial charge is 0.302 e. The molecule has 0 radical (unpaired) electrons. The van der Waals surface area contributed by atoms with Crippen LogP contribution in [-0.4, -0.2) is 20.7 Å². The third-order valence-electron chi connectivity index (χ3n) is 2.75. The van der Waals surface area contributed by atoms with E-state index in [1.54, 1.807) is 18.2 Å². The van der Waals surface area contributed by atoms with Crippen LogP contribution in [0.2, 0.25) is 0 Å². The van der Waals surface area contributed by atoms with Gasteiger partial charge in [-0.1, -0.05) is 38.5 Å². The minimum absolute atomic E-state index is 0.0222. The van der Waals surface area contributed by atoms with Crippen LogP contribution in [0.3, 0.4) is 0 Å². The summed E-state index contributed by atoms with van der Waals surface area (Å²) in [4.78, 5) is 11.1. The van der Waals surface area contributed by atoms with Gasteiger partial charge in [0.15, 0.2) is 0 Å². The molecule has 0 bridgehead atoms. The molecule has 0 aliphatic heterocycles. The van der Waals surface area contributed by atoms with Crippen molar-refractivity contribution in [1.82, 2.24) is 4.72 Å². The van der Waals surface area contributed by atoms with Crippen LogP contribution in [0.4, 0.5) is 0 Å². The number of nitrogens with one attached hydrogen (secondary N) is 1. The molecule has 17 heavy (non-hydrogen) atoms. The molecule has 0 saturated carbocycles. The predicted molar refractivity (Wildman–Crippen MR) is 66.1 cm³/mol. The molecule has 4 nitrogen and oxygen atoms in total. The average Bonchev–Trinajstić information content (AvgIpc) is 2.36. The Morgan fingerprint density at radius 3 is 2.35 bits per heavy atom. The predicted octanol–water partition coefficient (Wildman–Crippen LogP) is 1.58. The Bertz CT molecular complexity index is 456. The summed E-state index contributed by atoms with van der Waals surface area (Å²) >= 11 is 0. The summed E-state index contributed by atoms with van der Waals surface area (Å²) < 4.78 is 26.3. The second-order valence-corrected chi connectivity index (χ2v) is 5.70. The lowest BCUT2D eigenvalue weighted by molar-refractivity contribution is -0.110. The van der Waals surface area contributed by atoms with Gasteiger partial charge in [-0.15, -0.1) is 0 Å². The summed E-state index contributed by atoms with van der Waals surface area (Å²) in [6.45, 7) is 3.75. The van der Waals surface area contributed by atoms with E-state index in [-0.39, 0.29) is 10.8 Å². The van der Waals surface area contributed by atoms with E-state index in [0.29, 0.717) is 6.29 Å². The van der Waals surface area contributed by atoms with Crippen molar-refractivity contribution in [2.24, 2.45) is 5.92 Å². The normalized spacial score (nSPS) is 15.2. The lowest BCUT2D eigenvalue weighted by atomic mass is 10.0. The van der Waals surface area contributed by atoms with Crippen LogP contribution < -0.4 is 4.72 Å². The maximum Gasteiger partial charge on any atom is 0.241 e. The van der Waals surface area contributed by atoms with Crippen molar-refractivity contribution >= 4 is 16.3 Å². The molecule has 1 N–H and O–H groups in total. The van der Waals surface area contributed by atoms with Crippen LogP contribution >= 0.6 is 0 Å². The van der Waals surface area contributed by atoms with Gasteiger partial charge >= 0.3 is 0 Å². The van der Waals surface area contributed by atoms with Crippen molar-refractivity contribution in [3.05, 3.63) is 30.3 Å². The summed E-state index contributed by atoms with van der Waals surface area (Å²) in [6.07, 6.45) is 1.38. The van der Waals surface area contributed by atoms with Gasteiger partial charge in [0.25, 0.3) is 0 Å². The molecule has 0 aromatic heterocycles. The zero-order chi connectivity index (χ0) is 12.9. The average molecular weight is 255 g/mol. The van der Waals surface area contributed by atoms with Gasteiger partial charge in [-0.05, 0) is 18.1 Å². The Kier molecular flexibility index (Phi) is 4.84. The molecular formula is C12H17NO3S. The molecule has 2 atom stereocenters. The number of carbonyl (C=O) groups is 1. The highest BCUT2D eigenvalue weighted by Gasteiger charge is 2.22. The van der Waals surface area contributed by atoms with Gasteiger partial charge in [-0.25, -0.2) is 13.1 Å². The Morgan fingerprint density at radius 1 is 1.29 bits per heavy atom. The first-order chi connectivity index (χ1) is 8.01.